The topological polar surface area (TPSA) is 56.5 Å². The summed E-state index contributed by atoms with van der Waals surface area (Å²) in [5.74, 6) is 2.87. The quantitative estimate of drug-likeness (QED) is 0.474. The van der Waals surface area contributed by atoms with E-state index in [1.807, 2.05) is 18.4 Å². The lowest BCUT2D eigenvalue weighted by atomic mass is 9.39. The van der Waals surface area contributed by atoms with Crippen molar-refractivity contribution in [3.63, 3.8) is 0 Å². The lowest BCUT2D eigenvalue weighted by molar-refractivity contribution is -0.120. The van der Waals surface area contributed by atoms with Gasteiger partial charge in [0.15, 0.2) is 11.6 Å². The lowest BCUT2D eigenvalue weighted by Crippen LogP contribution is -2.59. The van der Waals surface area contributed by atoms with Crippen LogP contribution in [0.1, 0.15) is 76.2 Å². The average molecular weight is 457 g/mol. The molecule has 2 bridgehead atoms. The standard InChI is InChI=1S/C30H32O4/c1-14-13-33-26-23(14)25-27-30(6,24(26)20-11-19(32)8-16(3)29(20,25)5)21-12-28(4)15(2)7-18(31)9-17(28)10-22(21)34-27/h9-13,15-16,24-25,27H,7-8H2,1-6H3/t15-,16-,24?,25?,27?,28+,29+,30?/m0/s1. The van der Waals surface area contributed by atoms with Crippen LogP contribution in [0.3, 0.4) is 0 Å². The van der Waals surface area contributed by atoms with Crippen LogP contribution in [-0.4, -0.2) is 17.7 Å². The smallest absolute Gasteiger partial charge is 0.156 e. The van der Waals surface area contributed by atoms with E-state index in [0.717, 1.165) is 17.1 Å². The minimum absolute atomic E-state index is 0.0327. The molecule has 4 unspecified atom stereocenters. The average Bonchev–Trinajstić information content (AvgIpc) is 3.27. The van der Waals surface area contributed by atoms with Gasteiger partial charge < -0.3 is 9.15 Å². The van der Waals surface area contributed by atoms with Gasteiger partial charge in [0, 0.05) is 46.1 Å². The second kappa shape index (κ2) is 5.95. The summed E-state index contributed by atoms with van der Waals surface area (Å²) in [4.78, 5) is 25.3. The van der Waals surface area contributed by atoms with Gasteiger partial charge in [0.1, 0.15) is 17.6 Å². The number of aryl methyl sites for hydroxylation is 1. The zero-order chi connectivity index (χ0) is 23.9. The van der Waals surface area contributed by atoms with Crippen molar-refractivity contribution in [1.29, 1.82) is 0 Å². The molecule has 0 radical (unpaired) electrons. The molecule has 8 atom stereocenters. The van der Waals surface area contributed by atoms with Gasteiger partial charge in [-0.2, -0.15) is 0 Å². The molecule has 1 aromatic rings. The molecule has 7 aliphatic rings. The molecule has 0 aromatic carbocycles. The second-order valence-electron chi connectivity index (χ2n) is 12.4. The molecule has 0 spiro atoms. The zero-order valence-electron chi connectivity index (χ0n) is 20.8. The number of ketones is 2. The van der Waals surface area contributed by atoms with Gasteiger partial charge in [-0.15, -0.1) is 0 Å². The van der Waals surface area contributed by atoms with E-state index in [1.54, 1.807) is 0 Å². The highest BCUT2D eigenvalue weighted by Crippen LogP contribution is 2.77. The minimum atomic E-state index is -0.327. The number of hydrogen-bond acceptors (Lipinski definition) is 4. The summed E-state index contributed by atoms with van der Waals surface area (Å²) in [7, 11) is 0. The van der Waals surface area contributed by atoms with Crippen molar-refractivity contribution < 1.29 is 18.7 Å². The Bertz CT molecular complexity index is 1330. The summed E-state index contributed by atoms with van der Waals surface area (Å²) in [6.45, 7) is 13.5. The first-order chi connectivity index (χ1) is 16.0. The van der Waals surface area contributed by atoms with Crippen molar-refractivity contribution in [2.24, 2.45) is 28.1 Å². The van der Waals surface area contributed by atoms with E-state index >= 15 is 0 Å². The van der Waals surface area contributed by atoms with Crippen LogP contribution in [0.15, 0.2) is 57.5 Å². The normalized spacial score (nSPS) is 45.6. The fraction of sp³-hybridized carbons (Fsp3) is 0.533. The number of carbonyl (C=O) groups is 2. The van der Waals surface area contributed by atoms with E-state index in [1.165, 1.54) is 22.3 Å². The fourth-order valence-electron chi connectivity index (χ4n) is 8.53. The zero-order valence-corrected chi connectivity index (χ0v) is 20.8. The van der Waals surface area contributed by atoms with Gasteiger partial charge in [-0.25, -0.2) is 0 Å². The molecule has 34 heavy (non-hydrogen) atoms. The monoisotopic (exact) mass is 456 g/mol. The van der Waals surface area contributed by atoms with Gasteiger partial charge >= 0.3 is 0 Å². The number of hydrogen-bond donors (Lipinski definition) is 0. The Labute approximate surface area is 200 Å². The third kappa shape index (κ3) is 2.05. The minimum Gasteiger partial charge on any atom is -0.488 e. The van der Waals surface area contributed by atoms with E-state index < -0.39 is 0 Å². The summed E-state index contributed by atoms with van der Waals surface area (Å²) in [6, 6.07) is 0. The van der Waals surface area contributed by atoms with E-state index in [0.29, 0.717) is 12.8 Å². The second-order valence-corrected chi connectivity index (χ2v) is 12.4. The SMILES string of the molecule is Cc1coc2c1C1C3OC4=CC5=CC(=O)C[C@H](C)[C@@]5(C)C=C4C3(C)C2C2=CC(=O)C[C@H](C)[C@]21C. The van der Waals surface area contributed by atoms with Crippen LogP contribution in [0.25, 0.3) is 0 Å². The largest absolute Gasteiger partial charge is 0.488 e. The van der Waals surface area contributed by atoms with Crippen LogP contribution in [0, 0.1) is 35.0 Å². The lowest BCUT2D eigenvalue weighted by Gasteiger charge is -2.62. The van der Waals surface area contributed by atoms with Crippen molar-refractivity contribution >= 4 is 11.6 Å². The maximum Gasteiger partial charge on any atom is 0.156 e. The van der Waals surface area contributed by atoms with Gasteiger partial charge in [0.25, 0.3) is 0 Å². The van der Waals surface area contributed by atoms with E-state index in [9.17, 15) is 9.59 Å². The maximum atomic E-state index is 12.9. The number of allylic oxidation sites excluding steroid dienone is 7. The van der Waals surface area contributed by atoms with E-state index in [2.05, 4.69) is 53.7 Å². The molecular formula is C30H32O4. The Kier molecular flexibility index (Phi) is 3.63. The van der Waals surface area contributed by atoms with Gasteiger partial charge in [0.05, 0.1) is 12.2 Å². The Morgan fingerprint density at radius 3 is 2.41 bits per heavy atom. The molecule has 1 aliphatic heterocycles. The van der Waals surface area contributed by atoms with Crippen LogP contribution in [0.5, 0.6) is 0 Å². The third-order valence-corrected chi connectivity index (χ3v) is 10.8. The molecule has 2 fully saturated rings. The summed E-state index contributed by atoms with van der Waals surface area (Å²) >= 11 is 0. The van der Waals surface area contributed by atoms with Gasteiger partial charge in [-0.05, 0) is 53.7 Å². The number of rotatable bonds is 0. The van der Waals surface area contributed by atoms with Crippen LogP contribution >= 0.6 is 0 Å². The predicted octanol–water partition coefficient (Wildman–Crippen LogP) is 6.09. The molecule has 1 saturated heterocycles. The Morgan fingerprint density at radius 1 is 0.941 bits per heavy atom. The van der Waals surface area contributed by atoms with Gasteiger partial charge in [-0.1, -0.05) is 40.7 Å². The first kappa shape index (κ1) is 20.7. The highest BCUT2D eigenvalue weighted by atomic mass is 16.5. The summed E-state index contributed by atoms with van der Waals surface area (Å²) in [5, 5.41) is 0. The highest BCUT2D eigenvalue weighted by Gasteiger charge is 2.73. The molecule has 4 heteroatoms. The number of furan rings is 1. The number of ether oxygens (including phenoxy) is 1. The van der Waals surface area contributed by atoms with E-state index in [4.69, 9.17) is 9.15 Å². The predicted molar refractivity (Wildman–Crippen MR) is 128 cm³/mol. The molecule has 0 amide bonds. The molecule has 4 nitrogen and oxygen atoms in total. The molecule has 176 valence electrons. The van der Waals surface area contributed by atoms with Crippen molar-refractivity contribution in [2.45, 2.75) is 72.3 Å². The molecular weight excluding hydrogens is 424 g/mol. The highest BCUT2D eigenvalue weighted by molar-refractivity contribution is 5.94. The molecule has 6 aliphatic carbocycles. The summed E-state index contributed by atoms with van der Waals surface area (Å²) in [6.07, 6.45) is 11.3. The van der Waals surface area contributed by atoms with E-state index in [-0.39, 0.29) is 57.6 Å². The molecule has 2 heterocycles. The molecule has 8 rings (SSSR count). The maximum absolute atomic E-state index is 12.9. The number of carbonyl (C=O) groups excluding carboxylic acids is 2. The Balaban J connectivity index is 1.52. The van der Waals surface area contributed by atoms with Crippen molar-refractivity contribution in [2.75, 3.05) is 0 Å². The summed E-state index contributed by atoms with van der Waals surface area (Å²) in [5.41, 5.74) is 5.29. The van der Waals surface area contributed by atoms with Gasteiger partial charge in [0.2, 0.25) is 0 Å². The third-order valence-electron chi connectivity index (χ3n) is 10.8. The van der Waals surface area contributed by atoms with Crippen molar-refractivity contribution in [3.05, 3.63) is 69.9 Å². The molecule has 1 aromatic heterocycles. The van der Waals surface area contributed by atoms with Crippen molar-refractivity contribution in [3.8, 4) is 0 Å². The van der Waals surface area contributed by atoms with Crippen LogP contribution in [0.2, 0.25) is 0 Å². The van der Waals surface area contributed by atoms with Crippen LogP contribution in [0.4, 0.5) is 0 Å². The Morgan fingerprint density at radius 2 is 1.65 bits per heavy atom. The van der Waals surface area contributed by atoms with Crippen molar-refractivity contribution in [1.82, 2.24) is 0 Å². The Hall–Kier alpha value is -2.62. The summed E-state index contributed by atoms with van der Waals surface area (Å²) < 4.78 is 13.2. The molecule has 1 saturated carbocycles. The number of fused-ring (bicyclic) bond motifs is 2. The first-order valence-corrected chi connectivity index (χ1v) is 12.7. The van der Waals surface area contributed by atoms with Gasteiger partial charge in [-0.3, -0.25) is 9.59 Å². The fourth-order valence-corrected chi connectivity index (χ4v) is 8.53. The van der Waals surface area contributed by atoms with Crippen LogP contribution < -0.4 is 0 Å². The molecule has 0 N–H and O–H groups in total. The first-order valence-electron chi connectivity index (χ1n) is 12.7. The van der Waals surface area contributed by atoms with Crippen LogP contribution in [-0.2, 0) is 14.3 Å².